The van der Waals surface area contributed by atoms with Crippen molar-refractivity contribution in [3.63, 3.8) is 0 Å². The predicted octanol–water partition coefficient (Wildman–Crippen LogP) is 2.86. The molecule has 0 saturated heterocycles. The number of guanidine groups is 1. The van der Waals surface area contributed by atoms with E-state index < -0.39 is 0 Å². The molecule has 0 atom stereocenters. The number of aromatic nitrogens is 4. The highest BCUT2D eigenvalue weighted by Crippen LogP contribution is 2.15. The fourth-order valence-electron chi connectivity index (χ4n) is 2.82. The summed E-state index contributed by atoms with van der Waals surface area (Å²) in [6.45, 7) is 5.46. The van der Waals surface area contributed by atoms with Crippen LogP contribution in [0.15, 0.2) is 46.4 Å². The molecule has 0 saturated carbocycles. The summed E-state index contributed by atoms with van der Waals surface area (Å²) in [5.74, 6) is 1.67. The van der Waals surface area contributed by atoms with Crippen molar-refractivity contribution in [3.8, 4) is 5.69 Å². The molecular weight excluding hydrogens is 469 g/mol. The summed E-state index contributed by atoms with van der Waals surface area (Å²) >= 11 is 0. The molecule has 0 aliphatic heterocycles. The quantitative estimate of drug-likeness (QED) is 0.298. The van der Waals surface area contributed by atoms with Gasteiger partial charge in [0.25, 0.3) is 0 Å². The molecule has 0 fully saturated rings. The maximum absolute atomic E-state index is 5.41. The van der Waals surface area contributed by atoms with Crippen molar-refractivity contribution in [2.24, 2.45) is 4.99 Å². The highest BCUT2D eigenvalue weighted by Gasteiger charge is 2.13. The monoisotopic (exact) mass is 495 g/mol. The molecule has 0 spiro atoms. The molecule has 2 N–H and O–H groups in total. The first-order chi connectivity index (χ1) is 13.2. The van der Waals surface area contributed by atoms with E-state index in [0.717, 1.165) is 47.1 Å². The molecule has 3 aromatic rings. The van der Waals surface area contributed by atoms with Crippen LogP contribution in [0.3, 0.4) is 0 Å². The third kappa shape index (κ3) is 5.31. The summed E-state index contributed by atoms with van der Waals surface area (Å²) < 4.78 is 7.14. The van der Waals surface area contributed by atoms with E-state index in [-0.39, 0.29) is 24.0 Å². The van der Waals surface area contributed by atoms with Crippen LogP contribution in [-0.4, -0.2) is 32.9 Å². The molecule has 0 unspecified atom stereocenters. The lowest BCUT2D eigenvalue weighted by Crippen LogP contribution is -2.36. The summed E-state index contributed by atoms with van der Waals surface area (Å²) in [6.07, 6.45) is 4.88. The molecule has 2 heterocycles. The van der Waals surface area contributed by atoms with E-state index >= 15 is 0 Å². The Hall–Kier alpha value is -2.43. The van der Waals surface area contributed by atoms with Crippen LogP contribution >= 0.6 is 24.0 Å². The second-order valence-electron chi connectivity index (χ2n) is 6.02. The first kappa shape index (κ1) is 21.9. The number of benzene rings is 1. The fourth-order valence-corrected chi connectivity index (χ4v) is 2.82. The molecule has 2 aromatic heterocycles. The SMILES string of the molecule is CCc1noc(CC)c1CNC(=NC)NCc1ccc(-n2cncn2)cc1.I. The van der Waals surface area contributed by atoms with Gasteiger partial charge in [-0.05, 0) is 24.1 Å². The molecule has 0 aliphatic rings. The number of hydrogen-bond donors (Lipinski definition) is 2. The molecule has 0 radical (unpaired) electrons. The third-order valence-electron chi connectivity index (χ3n) is 4.34. The fraction of sp³-hybridized carbons (Fsp3) is 0.368. The van der Waals surface area contributed by atoms with Crippen LogP contribution in [0.25, 0.3) is 5.69 Å². The van der Waals surface area contributed by atoms with Crippen molar-refractivity contribution in [3.05, 3.63) is 59.5 Å². The van der Waals surface area contributed by atoms with Crippen molar-refractivity contribution in [2.45, 2.75) is 39.8 Å². The van der Waals surface area contributed by atoms with Gasteiger partial charge in [-0.15, -0.1) is 24.0 Å². The maximum Gasteiger partial charge on any atom is 0.191 e. The molecule has 8 nitrogen and oxygen atoms in total. The number of halogens is 1. The lowest BCUT2D eigenvalue weighted by molar-refractivity contribution is 0.380. The Balaban J connectivity index is 0.00000280. The third-order valence-corrected chi connectivity index (χ3v) is 4.34. The summed E-state index contributed by atoms with van der Waals surface area (Å²) in [7, 11) is 1.76. The molecule has 9 heteroatoms. The van der Waals surface area contributed by atoms with E-state index in [2.05, 4.69) is 56.8 Å². The number of nitrogens with one attached hydrogen (secondary N) is 2. The zero-order valence-corrected chi connectivity index (χ0v) is 18.7. The van der Waals surface area contributed by atoms with Gasteiger partial charge in [-0.25, -0.2) is 9.67 Å². The van der Waals surface area contributed by atoms with Crippen molar-refractivity contribution in [1.29, 1.82) is 0 Å². The van der Waals surface area contributed by atoms with Crippen LogP contribution < -0.4 is 10.6 Å². The standard InChI is InChI=1S/C19H25N7O.HI/c1-4-17-16(18(5-2)27-25-17)11-23-19(20-3)22-10-14-6-8-15(9-7-14)26-13-21-12-24-26;/h6-9,12-13H,4-5,10-11H2,1-3H3,(H2,20,22,23);1H. The number of rotatable bonds is 7. The number of aryl methyl sites for hydroxylation is 2. The minimum Gasteiger partial charge on any atom is -0.361 e. The lowest BCUT2D eigenvalue weighted by Gasteiger charge is -2.12. The Morgan fingerprint density at radius 2 is 1.86 bits per heavy atom. The smallest absolute Gasteiger partial charge is 0.191 e. The Morgan fingerprint density at radius 1 is 1.11 bits per heavy atom. The van der Waals surface area contributed by atoms with Gasteiger partial charge in [-0.2, -0.15) is 5.10 Å². The first-order valence-electron chi connectivity index (χ1n) is 9.09. The van der Waals surface area contributed by atoms with E-state index in [9.17, 15) is 0 Å². The van der Waals surface area contributed by atoms with Gasteiger partial charge in [-0.1, -0.05) is 31.1 Å². The van der Waals surface area contributed by atoms with Crippen molar-refractivity contribution < 1.29 is 4.52 Å². The molecular formula is C19H26IN7O. The summed E-state index contributed by atoms with van der Waals surface area (Å²) in [5, 5.41) is 14.9. The zero-order chi connectivity index (χ0) is 19.1. The average molecular weight is 495 g/mol. The van der Waals surface area contributed by atoms with Gasteiger partial charge in [-0.3, -0.25) is 4.99 Å². The average Bonchev–Trinajstić information content (AvgIpc) is 3.38. The summed E-state index contributed by atoms with van der Waals surface area (Å²) in [4.78, 5) is 8.25. The van der Waals surface area contributed by atoms with E-state index in [1.807, 2.05) is 12.1 Å². The Labute approximate surface area is 181 Å². The highest BCUT2D eigenvalue weighted by atomic mass is 127. The van der Waals surface area contributed by atoms with Crippen LogP contribution in [0, 0.1) is 0 Å². The lowest BCUT2D eigenvalue weighted by atomic mass is 10.1. The second-order valence-corrected chi connectivity index (χ2v) is 6.02. The van der Waals surface area contributed by atoms with E-state index in [1.54, 1.807) is 18.1 Å². The van der Waals surface area contributed by atoms with Crippen molar-refractivity contribution >= 4 is 29.9 Å². The van der Waals surface area contributed by atoms with Crippen LogP contribution in [0.2, 0.25) is 0 Å². The molecule has 0 amide bonds. The number of nitrogens with zero attached hydrogens (tertiary/aromatic N) is 5. The van der Waals surface area contributed by atoms with Crippen LogP contribution in [-0.2, 0) is 25.9 Å². The van der Waals surface area contributed by atoms with Crippen LogP contribution in [0.1, 0.15) is 36.4 Å². The topological polar surface area (TPSA) is 93.2 Å². The maximum atomic E-state index is 5.41. The largest absolute Gasteiger partial charge is 0.361 e. The predicted molar refractivity (Wildman–Crippen MR) is 119 cm³/mol. The minimum atomic E-state index is 0. The Kier molecular flexibility index (Phi) is 8.42. The van der Waals surface area contributed by atoms with Crippen molar-refractivity contribution in [1.82, 2.24) is 30.6 Å². The van der Waals surface area contributed by atoms with Crippen molar-refractivity contribution in [2.75, 3.05) is 7.05 Å². The van der Waals surface area contributed by atoms with E-state index in [1.165, 1.54) is 6.33 Å². The Morgan fingerprint density at radius 3 is 2.46 bits per heavy atom. The van der Waals surface area contributed by atoms with Crippen LogP contribution in [0.5, 0.6) is 0 Å². The summed E-state index contributed by atoms with van der Waals surface area (Å²) in [5.41, 5.74) is 4.25. The van der Waals surface area contributed by atoms with Gasteiger partial charge in [0.2, 0.25) is 0 Å². The number of hydrogen-bond acceptors (Lipinski definition) is 5. The second kappa shape index (κ2) is 10.8. The minimum absolute atomic E-state index is 0. The number of aliphatic imine (C=N–C) groups is 1. The van der Waals surface area contributed by atoms with Gasteiger partial charge in [0.1, 0.15) is 18.4 Å². The van der Waals surface area contributed by atoms with Gasteiger partial charge in [0, 0.05) is 32.1 Å². The molecule has 0 aliphatic carbocycles. The molecule has 28 heavy (non-hydrogen) atoms. The van der Waals surface area contributed by atoms with Crippen LogP contribution in [0.4, 0.5) is 0 Å². The summed E-state index contributed by atoms with van der Waals surface area (Å²) in [6, 6.07) is 8.14. The van der Waals surface area contributed by atoms with Gasteiger partial charge in [0.05, 0.1) is 11.4 Å². The van der Waals surface area contributed by atoms with E-state index in [4.69, 9.17) is 4.52 Å². The van der Waals surface area contributed by atoms with E-state index in [0.29, 0.717) is 13.1 Å². The molecule has 3 rings (SSSR count). The highest BCUT2D eigenvalue weighted by molar-refractivity contribution is 14.0. The van der Waals surface area contributed by atoms with Gasteiger partial charge >= 0.3 is 0 Å². The molecule has 1 aromatic carbocycles. The normalized spacial score (nSPS) is 11.2. The first-order valence-corrected chi connectivity index (χ1v) is 9.09. The van der Waals surface area contributed by atoms with Gasteiger partial charge in [0.15, 0.2) is 5.96 Å². The zero-order valence-electron chi connectivity index (χ0n) is 16.3. The Bertz CT molecular complexity index is 851. The molecule has 0 bridgehead atoms. The van der Waals surface area contributed by atoms with Gasteiger partial charge < -0.3 is 15.2 Å². The molecule has 150 valence electrons.